The van der Waals surface area contributed by atoms with Crippen molar-refractivity contribution in [3.63, 3.8) is 0 Å². The fraction of sp³-hybridized carbons (Fsp3) is 0.538. The van der Waals surface area contributed by atoms with Crippen LogP contribution in [0.2, 0.25) is 0 Å². The third-order valence-electron chi connectivity index (χ3n) is 3.23. The number of methoxy groups -OCH3 is 1. The normalized spacial score (nSPS) is 28.6. The minimum atomic E-state index is -0.506. The first-order valence-corrected chi connectivity index (χ1v) is 6.36. The van der Waals surface area contributed by atoms with Crippen LogP contribution in [0.15, 0.2) is 22.7 Å². The van der Waals surface area contributed by atoms with Gasteiger partial charge in [0.2, 0.25) is 0 Å². The summed E-state index contributed by atoms with van der Waals surface area (Å²) in [7, 11) is 1.66. The Balaban J connectivity index is 2.14. The van der Waals surface area contributed by atoms with Gasteiger partial charge in [0.1, 0.15) is 5.75 Å². The number of rotatable bonds is 3. The summed E-state index contributed by atoms with van der Waals surface area (Å²) in [4.78, 5) is 0. The van der Waals surface area contributed by atoms with E-state index in [4.69, 9.17) is 4.74 Å². The van der Waals surface area contributed by atoms with Gasteiger partial charge in [-0.3, -0.25) is 0 Å². The van der Waals surface area contributed by atoms with Gasteiger partial charge in [-0.05, 0) is 42.5 Å². The second kappa shape index (κ2) is 4.38. The SMILES string of the molecule is COc1ccc(Br)c(CC2(O)CC(C)C2)c1. The van der Waals surface area contributed by atoms with Gasteiger partial charge in [0.25, 0.3) is 0 Å². The topological polar surface area (TPSA) is 29.5 Å². The molecule has 0 aliphatic heterocycles. The number of aliphatic hydroxyl groups is 1. The van der Waals surface area contributed by atoms with Gasteiger partial charge < -0.3 is 9.84 Å². The summed E-state index contributed by atoms with van der Waals surface area (Å²) in [6.07, 6.45) is 2.50. The smallest absolute Gasteiger partial charge is 0.119 e. The highest BCUT2D eigenvalue weighted by molar-refractivity contribution is 9.10. The van der Waals surface area contributed by atoms with Gasteiger partial charge in [-0.1, -0.05) is 22.9 Å². The molecule has 1 fully saturated rings. The van der Waals surface area contributed by atoms with E-state index < -0.39 is 5.60 Å². The molecule has 0 saturated heterocycles. The molecular weight excluding hydrogens is 268 g/mol. The minimum absolute atomic E-state index is 0.506. The molecule has 0 amide bonds. The molecule has 0 heterocycles. The van der Waals surface area contributed by atoms with E-state index in [1.165, 1.54) is 0 Å². The van der Waals surface area contributed by atoms with Crippen molar-refractivity contribution >= 4 is 15.9 Å². The van der Waals surface area contributed by atoms with Gasteiger partial charge in [0.15, 0.2) is 0 Å². The van der Waals surface area contributed by atoms with Crippen molar-refractivity contribution in [3.8, 4) is 5.75 Å². The molecule has 1 aliphatic carbocycles. The molecule has 88 valence electrons. The van der Waals surface area contributed by atoms with Crippen LogP contribution in [-0.4, -0.2) is 17.8 Å². The Hall–Kier alpha value is -0.540. The van der Waals surface area contributed by atoms with Crippen molar-refractivity contribution in [3.05, 3.63) is 28.2 Å². The van der Waals surface area contributed by atoms with Crippen LogP contribution in [0.25, 0.3) is 0 Å². The Morgan fingerprint density at radius 2 is 2.19 bits per heavy atom. The second-order valence-electron chi connectivity index (χ2n) is 4.87. The molecule has 2 nitrogen and oxygen atoms in total. The van der Waals surface area contributed by atoms with Gasteiger partial charge in [0, 0.05) is 10.9 Å². The molecular formula is C13H17BrO2. The standard InChI is InChI=1S/C13H17BrO2/c1-9-6-13(15,7-9)8-10-5-11(16-2)3-4-12(10)14/h3-5,9,15H,6-8H2,1-2H3. The first-order valence-electron chi connectivity index (χ1n) is 5.57. The van der Waals surface area contributed by atoms with Crippen LogP contribution < -0.4 is 4.74 Å². The maximum Gasteiger partial charge on any atom is 0.119 e. The lowest BCUT2D eigenvalue weighted by Crippen LogP contribution is -2.44. The van der Waals surface area contributed by atoms with Gasteiger partial charge in [-0.15, -0.1) is 0 Å². The van der Waals surface area contributed by atoms with E-state index >= 15 is 0 Å². The predicted octanol–water partition coefficient (Wildman–Crippen LogP) is 3.16. The minimum Gasteiger partial charge on any atom is -0.497 e. The van der Waals surface area contributed by atoms with E-state index in [1.54, 1.807) is 7.11 Å². The molecule has 0 radical (unpaired) electrons. The first-order chi connectivity index (χ1) is 7.52. The number of hydrogen-bond donors (Lipinski definition) is 1. The Bertz CT molecular complexity index is 384. The fourth-order valence-corrected chi connectivity index (χ4v) is 2.94. The van der Waals surface area contributed by atoms with Crippen LogP contribution in [0, 0.1) is 5.92 Å². The van der Waals surface area contributed by atoms with Gasteiger partial charge in [-0.2, -0.15) is 0 Å². The molecule has 0 atom stereocenters. The van der Waals surface area contributed by atoms with E-state index in [1.807, 2.05) is 18.2 Å². The molecule has 0 bridgehead atoms. The number of ether oxygens (including phenoxy) is 1. The molecule has 1 saturated carbocycles. The summed E-state index contributed by atoms with van der Waals surface area (Å²) >= 11 is 3.51. The van der Waals surface area contributed by atoms with Gasteiger partial charge in [-0.25, -0.2) is 0 Å². The molecule has 0 unspecified atom stereocenters. The Morgan fingerprint density at radius 3 is 2.75 bits per heavy atom. The summed E-state index contributed by atoms with van der Waals surface area (Å²) < 4.78 is 6.24. The summed E-state index contributed by atoms with van der Waals surface area (Å²) in [5.41, 5.74) is 0.614. The van der Waals surface area contributed by atoms with Crippen LogP contribution in [0.5, 0.6) is 5.75 Å². The molecule has 16 heavy (non-hydrogen) atoms. The highest BCUT2D eigenvalue weighted by Gasteiger charge is 2.40. The zero-order chi connectivity index (χ0) is 11.8. The zero-order valence-electron chi connectivity index (χ0n) is 9.66. The quantitative estimate of drug-likeness (QED) is 0.924. The Kier molecular flexibility index (Phi) is 3.27. The average molecular weight is 285 g/mol. The summed E-state index contributed by atoms with van der Waals surface area (Å²) in [5.74, 6) is 1.49. The van der Waals surface area contributed by atoms with E-state index in [-0.39, 0.29) is 0 Å². The number of halogens is 1. The van der Waals surface area contributed by atoms with Crippen molar-refractivity contribution in [1.29, 1.82) is 0 Å². The molecule has 1 N–H and O–H groups in total. The zero-order valence-corrected chi connectivity index (χ0v) is 11.3. The lowest BCUT2D eigenvalue weighted by atomic mass is 9.69. The van der Waals surface area contributed by atoms with Crippen LogP contribution >= 0.6 is 15.9 Å². The molecule has 0 aromatic heterocycles. The van der Waals surface area contributed by atoms with Crippen LogP contribution in [-0.2, 0) is 6.42 Å². The summed E-state index contributed by atoms with van der Waals surface area (Å²) in [6, 6.07) is 5.88. The maximum absolute atomic E-state index is 10.3. The molecule has 1 aromatic rings. The number of benzene rings is 1. The highest BCUT2D eigenvalue weighted by Crippen LogP contribution is 2.41. The molecule has 1 aromatic carbocycles. The second-order valence-corrected chi connectivity index (χ2v) is 5.73. The lowest BCUT2D eigenvalue weighted by Gasteiger charge is -2.42. The van der Waals surface area contributed by atoms with Gasteiger partial charge >= 0.3 is 0 Å². The third-order valence-corrected chi connectivity index (χ3v) is 4.00. The van der Waals surface area contributed by atoms with Crippen LogP contribution in [0.1, 0.15) is 25.3 Å². The highest BCUT2D eigenvalue weighted by atomic mass is 79.9. The maximum atomic E-state index is 10.3. The Labute approximate surface area is 105 Å². The van der Waals surface area contributed by atoms with Crippen LogP contribution in [0.4, 0.5) is 0 Å². The van der Waals surface area contributed by atoms with E-state index in [2.05, 4.69) is 22.9 Å². The largest absolute Gasteiger partial charge is 0.497 e. The summed E-state index contributed by atoms with van der Waals surface area (Å²) in [6.45, 7) is 2.18. The van der Waals surface area contributed by atoms with E-state index in [0.29, 0.717) is 12.3 Å². The van der Waals surface area contributed by atoms with Crippen molar-refractivity contribution < 1.29 is 9.84 Å². The van der Waals surface area contributed by atoms with Crippen molar-refractivity contribution in [2.75, 3.05) is 7.11 Å². The first kappa shape index (κ1) is 11.9. The fourth-order valence-electron chi connectivity index (χ4n) is 2.55. The lowest BCUT2D eigenvalue weighted by molar-refractivity contribution is -0.0667. The van der Waals surface area contributed by atoms with E-state index in [0.717, 1.165) is 28.6 Å². The molecule has 0 spiro atoms. The third kappa shape index (κ3) is 2.41. The van der Waals surface area contributed by atoms with E-state index in [9.17, 15) is 5.11 Å². The Morgan fingerprint density at radius 1 is 1.50 bits per heavy atom. The molecule has 2 rings (SSSR count). The van der Waals surface area contributed by atoms with Crippen LogP contribution in [0.3, 0.4) is 0 Å². The average Bonchev–Trinajstić information content (AvgIpc) is 2.19. The molecule has 3 heteroatoms. The number of hydrogen-bond acceptors (Lipinski definition) is 2. The summed E-state index contributed by atoms with van der Waals surface area (Å²) in [5, 5.41) is 10.3. The van der Waals surface area contributed by atoms with Crippen molar-refractivity contribution in [2.24, 2.45) is 5.92 Å². The predicted molar refractivity (Wildman–Crippen MR) is 67.7 cm³/mol. The van der Waals surface area contributed by atoms with Gasteiger partial charge in [0.05, 0.1) is 12.7 Å². The monoisotopic (exact) mass is 284 g/mol. The van der Waals surface area contributed by atoms with Crippen molar-refractivity contribution in [1.82, 2.24) is 0 Å². The molecule has 1 aliphatic rings. The van der Waals surface area contributed by atoms with Crippen molar-refractivity contribution in [2.45, 2.75) is 31.8 Å².